The first-order chi connectivity index (χ1) is 9.65. The number of ether oxygens (including phenoxy) is 1. The number of aliphatic hydroxyl groups is 1. The summed E-state index contributed by atoms with van der Waals surface area (Å²) >= 11 is 0. The molecule has 118 valence electrons. The molecule has 9 nitrogen and oxygen atoms in total. The maximum Gasteiger partial charge on any atom is 0.370 e. The summed E-state index contributed by atoms with van der Waals surface area (Å²) in [5.41, 5.74) is 5.79. The Morgan fingerprint density at radius 3 is 2.43 bits per heavy atom. The van der Waals surface area contributed by atoms with E-state index in [1.165, 1.54) is 21.0 Å². The number of likely N-dealkylation sites (N-methyl/N-ethyl adjacent to an activating group) is 1. The van der Waals surface area contributed by atoms with Crippen molar-refractivity contribution >= 4 is 17.8 Å². The minimum Gasteiger partial charge on any atom is -0.478 e. The van der Waals surface area contributed by atoms with Gasteiger partial charge in [-0.3, -0.25) is 9.59 Å². The Kier molecular flexibility index (Phi) is 5.28. The second-order valence-corrected chi connectivity index (χ2v) is 4.90. The third-order valence-electron chi connectivity index (χ3n) is 2.96. The highest BCUT2D eigenvalue weighted by Crippen LogP contribution is 2.21. The van der Waals surface area contributed by atoms with Crippen molar-refractivity contribution in [3.8, 4) is 0 Å². The average molecular weight is 301 g/mol. The summed E-state index contributed by atoms with van der Waals surface area (Å²) in [6, 6.07) is -1.84. The van der Waals surface area contributed by atoms with E-state index < -0.39 is 47.8 Å². The predicted molar refractivity (Wildman–Crippen MR) is 70.9 cm³/mol. The van der Waals surface area contributed by atoms with Crippen molar-refractivity contribution in [2.45, 2.75) is 31.2 Å². The van der Waals surface area contributed by atoms with Crippen molar-refractivity contribution in [2.75, 3.05) is 14.1 Å². The normalized spacial score (nSPS) is 26.1. The molecule has 0 aliphatic carbocycles. The fourth-order valence-electron chi connectivity index (χ4n) is 1.96. The Balaban J connectivity index is 3.10. The number of nitrogens with two attached hydrogens (primary N) is 1. The second-order valence-electron chi connectivity index (χ2n) is 4.90. The molecule has 1 rings (SSSR count). The Morgan fingerprint density at radius 2 is 2.00 bits per heavy atom. The standard InChI is InChI=1S/C12H19N3O6/c1-5(16)14-8-6(13)4-7(12(19)20)21-10(8)9(17)11(18)15(2)3/h4,6,8-10,17H,13H2,1-3H3,(H,14,16)(H,19,20)/t6-,8+,9-,10+/m0/s1. The van der Waals surface area contributed by atoms with E-state index in [0.29, 0.717) is 0 Å². The number of rotatable bonds is 4. The van der Waals surface area contributed by atoms with Crippen molar-refractivity contribution in [1.82, 2.24) is 10.2 Å². The Bertz CT molecular complexity index is 476. The van der Waals surface area contributed by atoms with Crippen LogP contribution in [0.15, 0.2) is 11.8 Å². The summed E-state index contributed by atoms with van der Waals surface area (Å²) in [6.07, 6.45) is -1.84. The fourth-order valence-corrected chi connectivity index (χ4v) is 1.96. The van der Waals surface area contributed by atoms with E-state index in [1.807, 2.05) is 0 Å². The van der Waals surface area contributed by atoms with Crippen LogP contribution in [0.1, 0.15) is 6.92 Å². The molecule has 2 amide bonds. The van der Waals surface area contributed by atoms with Crippen LogP contribution in [-0.4, -0.2) is 71.3 Å². The van der Waals surface area contributed by atoms with E-state index in [9.17, 15) is 19.5 Å². The van der Waals surface area contributed by atoms with Gasteiger partial charge in [-0.1, -0.05) is 0 Å². The van der Waals surface area contributed by atoms with E-state index in [0.717, 1.165) is 11.0 Å². The quantitative estimate of drug-likeness (QED) is 0.454. The monoisotopic (exact) mass is 301 g/mol. The van der Waals surface area contributed by atoms with Gasteiger partial charge in [0, 0.05) is 21.0 Å². The molecule has 0 bridgehead atoms. The van der Waals surface area contributed by atoms with Crippen LogP contribution in [0, 0.1) is 0 Å². The number of nitrogens with zero attached hydrogens (tertiary/aromatic N) is 1. The van der Waals surface area contributed by atoms with Crippen LogP contribution in [0.4, 0.5) is 0 Å². The van der Waals surface area contributed by atoms with Crippen LogP contribution in [0.5, 0.6) is 0 Å². The van der Waals surface area contributed by atoms with Gasteiger partial charge < -0.3 is 30.9 Å². The lowest BCUT2D eigenvalue weighted by Crippen LogP contribution is -2.62. The molecule has 0 unspecified atom stereocenters. The number of aliphatic hydroxyl groups excluding tert-OH is 1. The Hall–Kier alpha value is -2.13. The first kappa shape index (κ1) is 16.9. The SMILES string of the molecule is CC(=O)N[C@H]1[C@H]([C@H](O)C(=O)N(C)C)OC(C(=O)O)=C[C@@H]1N. The molecule has 1 aliphatic heterocycles. The van der Waals surface area contributed by atoms with E-state index in [4.69, 9.17) is 15.6 Å². The number of carboxylic acid groups (broad SMARTS) is 1. The summed E-state index contributed by atoms with van der Waals surface area (Å²) in [5, 5.41) is 21.5. The molecule has 1 aliphatic rings. The number of aliphatic carboxylic acids is 1. The Labute approximate surface area is 121 Å². The summed E-state index contributed by atoms with van der Waals surface area (Å²) in [4.78, 5) is 35.2. The lowest BCUT2D eigenvalue weighted by molar-refractivity contribution is -0.152. The molecule has 0 aromatic heterocycles. The highest BCUT2D eigenvalue weighted by Gasteiger charge is 2.43. The van der Waals surface area contributed by atoms with E-state index in [1.54, 1.807) is 0 Å². The number of carbonyl (C=O) groups excluding carboxylic acids is 2. The lowest BCUT2D eigenvalue weighted by atomic mass is 9.94. The maximum atomic E-state index is 11.8. The van der Waals surface area contributed by atoms with Crippen molar-refractivity contribution in [3.05, 3.63) is 11.8 Å². The zero-order valence-corrected chi connectivity index (χ0v) is 11.9. The van der Waals surface area contributed by atoms with Crippen LogP contribution < -0.4 is 11.1 Å². The topological polar surface area (TPSA) is 142 Å². The molecule has 5 N–H and O–H groups in total. The van der Waals surface area contributed by atoms with E-state index in [-0.39, 0.29) is 0 Å². The fraction of sp³-hybridized carbons (Fsp3) is 0.583. The van der Waals surface area contributed by atoms with Crippen LogP contribution in [0.25, 0.3) is 0 Å². The van der Waals surface area contributed by atoms with Gasteiger partial charge in [0.05, 0.1) is 12.1 Å². The molecule has 4 atom stereocenters. The largest absolute Gasteiger partial charge is 0.478 e. The molecule has 0 radical (unpaired) electrons. The van der Waals surface area contributed by atoms with Crippen molar-refractivity contribution in [1.29, 1.82) is 0 Å². The molecular formula is C12H19N3O6. The predicted octanol–water partition coefficient (Wildman–Crippen LogP) is -2.37. The van der Waals surface area contributed by atoms with Gasteiger partial charge in [0.2, 0.25) is 11.7 Å². The molecule has 21 heavy (non-hydrogen) atoms. The maximum absolute atomic E-state index is 11.8. The highest BCUT2D eigenvalue weighted by atomic mass is 16.5. The van der Waals surface area contributed by atoms with Crippen LogP contribution in [-0.2, 0) is 19.1 Å². The van der Waals surface area contributed by atoms with E-state index >= 15 is 0 Å². The second kappa shape index (κ2) is 6.55. The number of amides is 2. The third kappa shape index (κ3) is 3.92. The number of carbonyl (C=O) groups is 3. The molecular weight excluding hydrogens is 282 g/mol. The van der Waals surface area contributed by atoms with Gasteiger partial charge in [-0.15, -0.1) is 0 Å². The van der Waals surface area contributed by atoms with Gasteiger partial charge in [0.1, 0.15) is 0 Å². The van der Waals surface area contributed by atoms with Crippen molar-refractivity contribution in [2.24, 2.45) is 5.73 Å². The minimum atomic E-state index is -1.66. The van der Waals surface area contributed by atoms with Crippen molar-refractivity contribution < 1.29 is 29.3 Å². The molecule has 0 fully saturated rings. The number of carboxylic acids is 1. The first-order valence-corrected chi connectivity index (χ1v) is 6.18. The highest BCUT2D eigenvalue weighted by molar-refractivity contribution is 5.85. The zero-order valence-electron chi connectivity index (χ0n) is 11.9. The zero-order chi connectivity index (χ0) is 16.3. The number of hydrogen-bond acceptors (Lipinski definition) is 6. The van der Waals surface area contributed by atoms with Gasteiger partial charge in [-0.2, -0.15) is 0 Å². The average Bonchev–Trinajstić information content (AvgIpc) is 2.38. The van der Waals surface area contributed by atoms with Gasteiger partial charge in [0.15, 0.2) is 12.2 Å². The van der Waals surface area contributed by atoms with Gasteiger partial charge in [-0.25, -0.2) is 4.79 Å². The van der Waals surface area contributed by atoms with Gasteiger partial charge in [0.25, 0.3) is 5.91 Å². The third-order valence-corrected chi connectivity index (χ3v) is 2.96. The summed E-state index contributed by atoms with van der Waals surface area (Å²) in [6.45, 7) is 1.24. The molecule has 0 aromatic rings. The minimum absolute atomic E-state index is 0.444. The Morgan fingerprint density at radius 1 is 1.43 bits per heavy atom. The molecule has 0 saturated heterocycles. The smallest absolute Gasteiger partial charge is 0.370 e. The summed E-state index contributed by atoms with van der Waals surface area (Å²) in [5.74, 6) is -2.98. The van der Waals surface area contributed by atoms with Gasteiger partial charge >= 0.3 is 5.97 Å². The van der Waals surface area contributed by atoms with E-state index in [2.05, 4.69) is 5.32 Å². The number of hydrogen-bond donors (Lipinski definition) is 4. The molecule has 0 aromatic carbocycles. The molecule has 1 heterocycles. The summed E-state index contributed by atoms with van der Waals surface area (Å²) in [7, 11) is 2.85. The first-order valence-electron chi connectivity index (χ1n) is 6.18. The van der Waals surface area contributed by atoms with Crippen molar-refractivity contribution in [3.63, 3.8) is 0 Å². The molecule has 0 saturated carbocycles. The van der Waals surface area contributed by atoms with Crippen LogP contribution >= 0.6 is 0 Å². The van der Waals surface area contributed by atoms with Crippen LogP contribution in [0.3, 0.4) is 0 Å². The van der Waals surface area contributed by atoms with Crippen LogP contribution in [0.2, 0.25) is 0 Å². The lowest BCUT2D eigenvalue weighted by Gasteiger charge is -2.37. The summed E-state index contributed by atoms with van der Waals surface area (Å²) < 4.78 is 5.13. The van der Waals surface area contributed by atoms with Gasteiger partial charge in [-0.05, 0) is 6.08 Å². The number of nitrogens with one attached hydrogen (secondary N) is 1. The molecule has 9 heteroatoms. The molecule has 0 spiro atoms.